The van der Waals surface area contributed by atoms with Crippen LogP contribution in [0.4, 0.5) is 0 Å². The Kier molecular flexibility index (Phi) is 3.66. The molecule has 1 aliphatic heterocycles. The van der Waals surface area contributed by atoms with Crippen molar-refractivity contribution < 1.29 is 14.0 Å². The summed E-state index contributed by atoms with van der Waals surface area (Å²) < 4.78 is 5.14. The first kappa shape index (κ1) is 13.7. The summed E-state index contributed by atoms with van der Waals surface area (Å²) in [5, 5.41) is 3.22. The van der Waals surface area contributed by atoms with Gasteiger partial charge in [-0.3, -0.25) is 9.59 Å². The van der Waals surface area contributed by atoms with Crippen LogP contribution in [-0.2, 0) is 4.79 Å². The highest BCUT2D eigenvalue weighted by atomic mass is 35.5. The molecule has 1 fully saturated rings. The number of hydrogen-bond donors (Lipinski definition) is 1. The Morgan fingerprint density at radius 3 is 2.81 bits per heavy atom. The van der Waals surface area contributed by atoms with Crippen LogP contribution in [0, 0.1) is 0 Å². The Morgan fingerprint density at radius 1 is 1.29 bits per heavy atom. The van der Waals surface area contributed by atoms with E-state index in [9.17, 15) is 9.59 Å². The van der Waals surface area contributed by atoms with E-state index in [4.69, 9.17) is 16.0 Å². The SMILES string of the molecule is O=C1NCCN(C(=O)c2ccco2)[C@H]1c1ccccc1Cl. The summed E-state index contributed by atoms with van der Waals surface area (Å²) in [6, 6.07) is 9.50. The average molecular weight is 305 g/mol. The Hall–Kier alpha value is -2.27. The summed E-state index contributed by atoms with van der Waals surface area (Å²) >= 11 is 6.18. The average Bonchev–Trinajstić information content (AvgIpc) is 3.01. The van der Waals surface area contributed by atoms with Crippen molar-refractivity contribution in [3.8, 4) is 0 Å². The number of hydrogen-bond acceptors (Lipinski definition) is 3. The number of amides is 2. The number of furan rings is 1. The molecule has 1 aliphatic rings. The van der Waals surface area contributed by atoms with Gasteiger partial charge in [0.1, 0.15) is 6.04 Å². The van der Waals surface area contributed by atoms with Gasteiger partial charge in [-0.1, -0.05) is 29.8 Å². The highest BCUT2D eigenvalue weighted by Crippen LogP contribution is 2.30. The molecule has 1 aromatic heterocycles. The second-order valence-electron chi connectivity index (χ2n) is 4.69. The van der Waals surface area contributed by atoms with Crippen molar-refractivity contribution in [3.05, 3.63) is 59.0 Å². The van der Waals surface area contributed by atoms with Crippen molar-refractivity contribution in [1.29, 1.82) is 0 Å². The zero-order chi connectivity index (χ0) is 14.8. The topological polar surface area (TPSA) is 62.6 Å². The van der Waals surface area contributed by atoms with Crippen LogP contribution in [0.3, 0.4) is 0 Å². The number of benzene rings is 1. The van der Waals surface area contributed by atoms with Crippen molar-refractivity contribution in [2.45, 2.75) is 6.04 Å². The van der Waals surface area contributed by atoms with Crippen molar-refractivity contribution in [2.75, 3.05) is 13.1 Å². The number of carbonyl (C=O) groups is 2. The standard InChI is InChI=1S/C15H13ClN2O3/c16-11-5-2-1-4-10(11)13-14(19)17-7-8-18(13)15(20)12-6-3-9-21-12/h1-6,9,13H,7-8H2,(H,17,19)/t13-/m0/s1. The molecule has 1 atom stereocenters. The predicted molar refractivity (Wildman–Crippen MR) is 76.9 cm³/mol. The number of carbonyl (C=O) groups excluding carboxylic acids is 2. The van der Waals surface area contributed by atoms with Gasteiger partial charge in [0.25, 0.3) is 5.91 Å². The second kappa shape index (κ2) is 5.61. The maximum atomic E-state index is 12.5. The maximum Gasteiger partial charge on any atom is 0.290 e. The van der Waals surface area contributed by atoms with Gasteiger partial charge in [0.2, 0.25) is 5.91 Å². The molecule has 2 heterocycles. The third kappa shape index (κ3) is 2.52. The fourth-order valence-corrected chi connectivity index (χ4v) is 2.67. The van der Waals surface area contributed by atoms with Gasteiger partial charge >= 0.3 is 0 Å². The summed E-state index contributed by atoms with van der Waals surface area (Å²) in [5.74, 6) is -0.351. The van der Waals surface area contributed by atoms with E-state index in [1.54, 1.807) is 36.4 Å². The van der Waals surface area contributed by atoms with Gasteiger partial charge in [0, 0.05) is 23.7 Å². The third-order valence-electron chi connectivity index (χ3n) is 3.40. The number of nitrogens with zero attached hydrogens (tertiary/aromatic N) is 1. The number of halogens is 1. The van der Waals surface area contributed by atoms with E-state index in [-0.39, 0.29) is 17.6 Å². The molecule has 1 aromatic carbocycles. The van der Waals surface area contributed by atoms with Gasteiger partial charge in [-0.15, -0.1) is 0 Å². The lowest BCUT2D eigenvalue weighted by atomic mass is 10.0. The molecule has 6 heteroatoms. The number of piperazine rings is 1. The first-order valence-electron chi connectivity index (χ1n) is 6.55. The van der Waals surface area contributed by atoms with Crippen LogP contribution in [-0.4, -0.2) is 29.8 Å². The predicted octanol–water partition coefficient (Wildman–Crippen LogP) is 2.25. The Morgan fingerprint density at radius 2 is 2.10 bits per heavy atom. The Bertz CT molecular complexity index is 669. The zero-order valence-electron chi connectivity index (χ0n) is 11.1. The highest BCUT2D eigenvalue weighted by molar-refractivity contribution is 6.31. The third-order valence-corrected chi connectivity index (χ3v) is 3.75. The molecule has 1 N–H and O–H groups in total. The maximum absolute atomic E-state index is 12.5. The summed E-state index contributed by atoms with van der Waals surface area (Å²) in [6.45, 7) is 0.813. The molecule has 2 aromatic rings. The van der Waals surface area contributed by atoms with Crippen LogP contribution in [0.15, 0.2) is 47.1 Å². The van der Waals surface area contributed by atoms with Crippen molar-refractivity contribution in [1.82, 2.24) is 10.2 Å². The molecule has 108 valence electrons. The molecule has 0 unspecified atom stereocenters. The van der Waals surface area contributed by atoms with Crippen LogP contribution in [0.1, 0.15) is 22.2 Å². The quantitative estimate of drug-likeness (QED) is 0.925. The van der Waals surface area contributed by atoms with Crippen molar-refractivity contribution >= 4 is 23.4 Å². The number of rotatable bonds is 2. The van der Waals surface area contributed by atoms with Crippen molar-refractivity contribution in [2.24, 2.45) is 0 Å². The Balaban J connectivity index is 1.99. The van der Waals surface area contributed by atoms with Gasteiger partial charge in [0.05, 0.1) is 6.26 Å². The molecular weight excluding hydrogens is 292 g/mol. The summed E-state index contributed by atoms with van der Waals surface area (Å²) in [7, 11) is 0. The van der Waals surface area contributed by atoms with Crippen LogP contribution in [0.5, 0.6) is 0 Å². The van der Waals surface area contributed by atoms with Gasteiger partial charge in [0.15, 0.2) is 5.76 Å². The van der Waals surface area contributed by atoms with E-state index >= 15 is 0 Å². The van der Waals surface area contributed by atoms with E-state index in [1.165, 1.54) is 11.2 Å². The molecule has 2 amide bonds. The van der Waals surface area contributed by atoms with Gasteiger partial charge in [-0.05, 0) is 18.2 Å². The molecule has 0 radical (unpaired) electrons. The lowest BCUT2D eigenvalue weighted by Gasteiger charge is -2.35. The molecule has 0 saturated carbocycles. The van der Waals surface area contributed by atoms with Gasteiger partial charge in [-0.25, -0.2) is 0 Å². The molecule has 3 rings (SSSR count). The molecule has 0 bridgehead atoms. The van der Waals surface area contributed by atoms with E-state index in [0.29, 0.717) is 23.7 Å². The van der Waals surface area contributed by atoms with Crippen molar-refractivity contribution in [3.63, 3.8) is 0 Å². The fourth-order valence-electron chi connectivity index (χ4n) is 2.43. The van der Waals surface area contributed by atoms with E-state index in [1.807, 2.05) is 0 Å². The molecule has 5 nitrogen and oxygen atoms in total. The summed E-state index contributed by atoms with van der Waals surface area (Å²) in [6.07, 6.45) is 1.43. The van der Waals surface area contributed by atoms with Crippen LogP contribution >= 0.6 is 11.6 Å². The van der Waals surface area contributed by atoms with Crippen LogP contribution < -0.4 is 5.32 Å². The highest BCUT2D eigenvalue weighted by Gasteiger charge is 2.36. The van der Waals surface area contributed by atoms with Crippen LogP contribution in [0.2, 0.25) is 5.02 Å². The molecule has 0 aliphatic carbocycles. The van der Waals surface area contributed by atoms with E-state index in [0.717, 1.165) is 0 Å². The molecule has 21 heavy (non-hydrogen) atoms. The zero-order valence-corrected chi connectivity index (χ0v) is 11.8. The minimum atomic E-state index is -0.745. The van der Waals surface area contributed by atoms with E-state index in [2.05, 4.69) is 5.32 Å². The molecule has 1 saturated heterocycles. The lowest BCUT2D eigenvalue weighted by Crippen LogP contribution is -2.52. The largest absolute Gasteiger partial charge is 0.459 e. The van der Waals surface area contributed by atoms with Crippen LogP contribution in [0.25, 0.3) is 0 Å². The second-order valence-corrected chi connectivity index (χ2v) is 5.10. The lowest BCUT2D eigenvalue weighted by molar-refractivity contribution is -0.128. The smallest absolute Gasteiger partial charge is 0.290 e. The number of nitrogens with one attached hydrogen (secondary N) is 1. The monoisotopic (exact) mass is 304 g/mol. The van der Waals surface area contributed by atoms with Gasteiger partial charge < -0.3 is 14.6 Å². The first-order valence-corrected chi connectivity index (χ1v) is 6.93. The normalized spacial score (nSPS) is 18.4. The van der Waals surface area contributed by atoms with Gasteiger partial charge in [-0.2, -0.15) is 0 Å². The first-order chi connectivity index (χ1) is 10.2. The minimum absolute atomic E-state index is 0.210. The summed E-state index contributed by atoms with van der Waals surface area (Å²) in [5.41, 5.74) is 0.608. The fraction of sp³-hybridized carbons (Fsp3) is 0.200. The molecular formula is C15H13ClN2O3. The Labute approximate surface area is 126 Å². The summed E-state index contributed by atoms with van der Waals surface area (Å²) in [4.78, 5) is 26.2. The minimum Gasteiger partial charge on any atom is -0.459 e. The van der Waals surface area contributed by atoms with E-state index < -0.39 is 6.04 Å². The molecule has 0 spiro atoms.